The number of rotatable bonds is 4. The second-order valence-electron chi connectivity index (χ2n) is 7.89. The van der Waals surface area contributed by atoms with E-state index in [1.807, 2.05) is 4.90 Å². The van der Waals surface area contributed by atoms with Crippen LogP contribution >= 0.6 is 0 Å². The fourth-order valence-corrected chi connectivity index (χ4v) is 3.13. The van der Waals surface area contributed by atoms with Crippen molar-refractivity contribution >= 4 is 5.91 Å². The minimum absolute atomic E-state index is 0.0160. The highest BCUT2D eigenvalue weighted by molar-refractivity contribution is 5.76. The molecule has 1 amide bonds. The quantitative estimate of drug-likeness (QED) is 0.848. The Morgan fingerprint density at radius 2 is 2.20 bits per heavy atom. The zero-order chi connectivity index (χ0) is 17.9. The summed E-state index contributed by atoms with van der Waals surface area (Å²) in [4.78, 5) is 27.1. The van der Waals surface area contributed by atoms with Gasteiger partial charge in [-0.3, -0.25) is 9.78 Å². The van der Waals surface area contributed by atoms with Gasteiger partial charge in [-0.15, -0.1) is 0 Å². The van der Waals surface area contributed by atoms with E-state index in [2.05, 4.69) is 40.9 Å². The Morgan fingerprint density at radius 1 is 1.36 bits per heavy atom. The van der Waals surface area contributed by atoms with Crippen LogP contribution < -0.4 is 0 Å². The van der Waals surface area contributed by atoms with Crippen molar-refractivity contribution < 1.29 is 9.32 Å². The van der Waals surface area contributed by atoms with E-state index in [1.54, 1.807) is 18.6 Å². The molecule has 7 nitrogen and oxygen atoms in total. The highest BCUT2D eigenvalue weighted by atomic mass is 16.5. The zero-order valence-corrected chi connectivity index (χ0v) is 15.1. The van der Waals surface area contributed by atoms with Crippen LogP contribution in [0.25, 0.3) is 11.5 Å². The average Bonchev–Trinajstić information content (AvgIpc) is 3.03. The van der Waals surface area contributed by atoms with Gasteiger partial charge in [-0.2, -0.15) is 4.98 Å². The Balaban J connectivity index is 1.60. The van der Waals surface area contributed by atoms with Gasteiger partial charge in [0.2, 0.25) is 17.6 Å². The summed E-state index contributed by atoms with van der Waals surface area (Å²) in [6, 6.07) is 0. The fraction of sp³-hybridized carbons (Fsp3) is 0.611. The largest absolute Gasteiger partial charge is 0.342 e. The first-order valence-electron chi connectivity index (χ1n) is 8.77. The first-order valence-corrected chi connectivity index (χ1v) is 8.77. The van der Waals surface area contributed by atoms with Gasteiger partial charge in [-0.05, 0) is 24.2 Å². The summed E-state index contributed by atoms with van der Waals surface area (Å²) in [7, 11) is 0. The van der Waals surface area contributed by atoms with Crippen LogP contribution in [0, 0.1) is 11.3 Å². The Morgan fingerprint density at radius 3 is 2.92 bits per heavy atom. The third-order valence-electron chi connectivity index (χ3n) is 4.28. The molecule has 25 heavy (non-hydrogen) atoms. The van der Waals surface area contributed by atoms with Crippen molar-refractivity contribution in [1.29, 1.82) is 0 Å². The average molecular weight is 343 g/mol. The van der Waals surface area contributed by atoms with E-state index in [0.29, 0.717) is 36.2 Å². The molecule has 1 saturated heterocycles. The molecule has 0 aliphatic carbocycles. The van der Waals surface area contributed by atoms with E-state index in [4.69, 9.17) is 4.52 Å². The number of nitrogens with zero attached hydrogens (tertiary/aromatic N) is 5. The SMILES string of the molecule is CC(C)(C)CC(=O)N1CCCC(Cc2nc(-c3cnccn3)no2)C1. The maximum Gasteiger partial charge on any atom is 0.227 e. The zero-order valence-electron chi connectivity index (χ0n) is 15.1. The minimum Gasteiger partial charge on any atom is -0.342 e. The molecule has 2 aromatic rings. The molecule has 2 aromatic heterocycles. The Bertz CT molecular complexity index is 708. The number of aromatic nitrogens is 4. The minimum atomic E-state index is 0.0160. The van der Waals surface area contributed by atoms with Crippen molar-refractivity contribution in [1.82, 2.24) is 25.0 Å². The summed E-state index contributed by atoms with van der Waals surface area (Å²) in [6.07, 6.45) is 8.18. The summed E-state index contributed by atoms with van der Waals surface area (Å²) >= 11 is 0. The summed E-state index contributed by atoms with van der Waals surface area (Å²) in [6.45, 7) is 7.90. The summed E-state index contributed by atoms with van der Waals surface area (Å²) in [5, 5.41) is 3.99. The lowest BCUT2D eigenvalue weighted by Crippen LogP contribution is -2.41. The molecule has 7 heteroatoms. The molecule has 0 bridgehead atoms. The molecule has 3 rings (SSSR count). The molecule has 134 valence electrons. The van der Waals surface area contributed by atoms with Crippen molar-refractivity contribution in [3.8, 4) is 11.5 Å². The highest BCUT2D eigenvalue weighted by Gasteiger charge is 2.27. The van der Waals surface area contributed by atoms with Gasteiger partial charge in [0, 0.05) is 38.3 Å². The lowest BCUT2D eigenvalue weighted by molar-refractivity contribution is -0.134. The van der Waals surface area contributed by atoms with E-state index >= 15 is 0 Å². The van der Waals surface area contributed by atoms with E-state index < -0.39 is 0 Å². The van der Waals surface area contributed by atoms with Gasteiger partial charge < -0.3 is 9.42 Å². The second kappa shape index (κ2) is 7.29. The predicted octanol–water partition coefficient (Wildman–Crippen LogP) is 2.74. The second-order valence-corrected chi connectivity index (χ2v) is 7.89. The molecule has 0 spiro atoms. The van der Waals surface area contributed by atoms with E-state index in [9.17, 15) is 4.79 Å². The lowest BCUT2D eigenvalue weighted by Gasteiger charge is -2.34. The topological polar surface area (TPSA) is 85.0 Å². The van der Waals surface area contributed by atoms with Gasteiger partial charge in [0.05, 0.1) is 6.20 Å². The van der Waals surface area contributed by atoms with Crippen LogP contribution in [0.1, 0.15) is 45.9 Å². The number of hydrogen-bond donors (Lipinski definition) is 0. The molecule has 0 N–H and O–H groups in total. The molecule has 0 radical (unpaired) electrons. The van der Waals surface area contributed by atoms with Crippen molar-refractivity contribution in [2.24, 2.45) is 11.3 Å². The maximum atomic E-state index is 12.5. The van der Waals surface area contributed by atoms with Crippen LogP contribution in [-0.2, 0) is 11.2 Å². The monoisotopic (exact) mass is 343 g/mol. The first-order chi connectivity index (χ1) is 11.9. The Hall–Kier alpha value is -2.31. The summed E-state index contributed by atoms with van der Waals surface area (Å²) < 4.78 is 5.37. The smallest absolute Gasteiger partial charge is 0.227 e. The number of hydrogen-bond acceptors (Lipinski definition) is 6. The van der Waals surface area contributed by atoms with Crippen LogP contribution in [0.2, 0.25) is 0 Å². The number of likely N-dealkylation sites (tertiary alicyclic amines) is 1. The van der Waals surface area contributed by atoms with Crippen LogP contribution in [0.5, 0.6) is 0 Å². The maximum absolute atomic E-state index is 12.5. The van der Waals surface area contributed by atoms with Crippen LogP contribution in [0.3, 0.4) is 0 Å². The molecule has 0 saturated carbocycles. The molecule has 1 aliphatic heterocycles. The van der Waals surface area contributed by atoms with Crippen LogP contribution in [0.15, 0.2) is 23.1 Å². The van der Waals surface area contributed by atoms with Gasteiger partial charge in [0.1, 0.15) is 5.69 Å². The number of amides is 1. The Kier molecular flexibility index (Phi) is 5.11. The van der Waals surface area contributed by atoms with E-state index in [-0.39, 0.29) is 11.3 Å². The molecule has 0 aromatic carbocycles. The van der Waals surface area contributed by atoms with E-state index in [0.717, 1.165) is 25.9 Å². The van der Waals surface area contributed by atoms with Crippen LogP contribution in [0.4, 0.5) is 0 Å². The molecule has 1 atom stereocenters. The van der Waals surface area contributed by atoms with E-state index in [1.165, 1.54) is 0 Å². The number of carbonyl (C=O) groups excluding carboxylic acids is 1. The summed E-state index contributed by atoms with van der Waals surface area (Å²) in [5.41, 5.74) is 0.616. The normalized spacial score (nSPS) is 18.4. The molecule has 1 unspecified atom stereocenters. The Labute approximate surface area is 147 Å². The standard InChI is InChI=1S/C18H25N5O2/c1-18(2,3)10-16(24)23-8-4-5-13(12-23)9-15-21-17(22-25-15)14-11-19-6-7-20-14/h6-7,11,13H,4-5,8-10,12H2,1-3H3. The third-order valence-corrected chi connectivity index (χ3v) is 4.28. The number of carbonyl (C=O) groups is 1. The van der Waals surface area contributed by atoms with Crippen molar-refractivity contribution in [3.63, 3.8) is 0 Å². The third kappa shape index (κ3) is 4.84. The van der Waals surface area contributed by atoms with Gasteiger partial charge in [0.25, 0.3) is 0 Å². The van der Waals surface area contributed by atoms with Gasteiger partial charge in [-0.1, -0.05) is 25.9 Å². The molecular formula is C18H25N5O2. The molecular weight excluding hydrogens is 318 g/mol. The van der Waals surface area contributed by atoms with Crippen LogP contribution in [-0.4, -0.2) is 44.0 Å². The molecule has 3 heterocycles. The first kappa shape index (κ1) is 17.5. The summed E-state index contributed by atoms with van der Waals surface area (Å²) in [5.74, 6) is 1.64. The highest BCUT2D eigenvalue weighted by Crippen LogP contribution is 2.25. The van der Waals surface area contributed by atoms with Gasteiger partial charge >= 0.3 is 0 Å². The van der Waals surface area contributed by atoms with Crippen molar-refractivity contribution in [2.75, 3.05) is 13.1 Å². The lowest BCUT2D eigenvalue weighted by atomic mass is 9.89. The number of piperidine rings is 1. The van der Waals surface area contributed by atoms with Gasteiger partial charge in [0.15, 0.2) is 0 Å². The fourth-order valence-electron chi connectivity index (χ4n) is 3.13. The van der Waals surface area contributed by atoms with Crippen molar-refractivity contribution in [2.45, 2.75) is 46.5 Å². The molecule has 1 fully saturated rings. The van der Waals surface area contributed by atoms with Crippen molar-refractivity contribution in [3.05, 3.63) is 24.5 Å². The molecule has 1 aliphatic rings. The van der Waals surface area contributed by atoms with Gasteiger partial charge in [-0.25, -0.2) is 4.98 Å². The predicted molar refractivity (Wildman–Crippen MR) is 92.4 cm³/mol.